The second-order valence-corrected chi connectivity index (χ2v) is 5.92. The van der Waals surface area contributed by atoms with Crippen molar-refractivity contribution in [3.05, 3.63) is 48.3 Å². The zero-order chi connectivity index (χ0) is 13.9. The van der Waals surface area contributed by atoms with Crippen molar-refractivity contribution in [2.24, 2.45) is 0 Å². The Morgan fingerprint density at radius 1 is 1.11 bits per heavy atom. The first kappa shape index (κ1) is 13.5. The Morgan fingerprint density at radius 3 is 2.37 bits per heavy atom. The molecule has 0 aliphatic heterocycles. The van der Waals surface area contributed by atoms with Crippen LogP contribution in [0, 0.1) is 0 Å². The largest absolute Gasteiger partial charge is 0.266 e. The number of nitrogens with zero attached hydrogens (tertiary/aromatic N) is 3. The molecule has 1 aromatic carbocycles. The van der Waals surface area contributed by atoms with E-state index in [-0.39, 0.29) is 5.95 Å². The molecule has 0 N–H and O–H groups in total. The average Bonchev–Trinajstić information content (AvgIpc) is 2.47. The molecule has 0 aliphatic rings. The van der Waals surface area contributed by atoms with Gasteiger partial charge in [0.2, 0.25) is 5.95 Å². The molecule has 100 valence electrons. The summed E-state index contributed by atoms with van der Waals surface area (Å²) in [4.78, 5) is 8.22. The van der Waals surface area contributed by atoms with E-state index in [1.165, 1.54) is 19.4 Å². The van der Waals surface area contributed by atoms with E-state index in [1.54, 1.807) is 18.2 Å². The normalized spacial score (nSPS) is 11.3. The minimum atomic E-state index is -3.63. The van der Waals surface area contributed by atoms with Crippen LogP contribution in [0.3, 0.4) is 0 Å². The van der Waals surface area contributed by atoms with Crippen LogP contribution in [0.1, 0.15) is 12.5 Å². The maximum Gasteiger partial charge on any atom is 0.266 e. The Morgan fingerprint density at radius 2 is 1.74 bits per heavy atom. The Labute approximate surface area is 113 Å². The van der Waals surface area contributed by atoms with E-state index in [9.17, 15) is 8.42 Å². The van der Waals surface area contributed by atoms with Gasteiger partial charge in [0.1, 0.15) is 0 Å². The minimum absolute atomic E-state index is 0.161. The average molecular weight is 277 g/mol. The molecule has 0 radical (unpaired) electrons. The third kappa shape index (κ3) is 2.58. The SMILES string of the molecule is CCc1ccccc1S(=O)(=O)N(C)c1ncccn1. The lowest BCUT2D eigenvalue weighted by Crippen LogP contribution is -2.29. The van der Waals surface area contributed by atoms with E-state index in [1.807, 2.05) is 19.1 Å². The summed E-state index contributed by atoms with van der Waals surface area (Å²) in [6, 6.07) is 8.60. The molecular formula is C13H15N3O2S. The van der Waals surface area contributed by atoms with Crippen molar-refractivity contribution >= 4 is 16.0 Å². The minimum Gasteiger partial charge on any atom is -0.237 e. The van der Waals surface area contributed by atoms with Gasteiger partial charge in [-0.05, 0) is 24.1 Å². The zero-order valence-electron chi connectivity index (χ0n) is 10.8. The second-order valence-electron chi connectivity index (χ2n) is 3.98. The molecule has 0 aliphatic carbocycles. The first-order valence-electron chi connectivity index (χ1n) is 5.91. The van der Waals surface area contributed by atoms with Gasteiger partial charge < -0.3 is 0 Å². The lowest BCUT2D eigenvalue weighted by atomic mass is 10.2. The van der Waals surface area contributed by atoms with E-state index < -0.39 is 10.0 Å². The summed E-state index contributed by atoms with van der Waals surface area (Å²) in [5, 5.41) is 0. The number of hydrogen-bond acceptors (Lipinski definition) is 4. The van der Waals surface area contributed by atoms with E-state index >= 15 is 0 Å². The van der Waals surface area contributed by atoms with Gasteiger partial charge in [-0.2, -0.15) is 0 Å². The maximum absolute atomic E-state index is 12.6. The summed E-state index contributed by atoms with van der Waals surface area (Å²) in [6.07, 6.45) is 3.68. The fraction of sp³-hybridized carbons (Fsp3) is 0.231. The van der Waals surface area contributed by atoms with Gasteiger partial charge in [0.15, 0.2) is 0 Å². The van der Waals surface area contributed by atoms with E-state index in [0.717, 1.165) is 9.87 Å². The number of anilines is 1. The first-order valence-corrected chi connectivity index (χ1v) is 7.35. The van der Waals surface area contributed by atoms with Gasteiger partial charge in [-0.3, -0.25) is 0 Å². The fourth-order valence-corrected chi connectivity index (χ4v) is 3.15. The number of sulfonamides is 1. The molecule has 0 spiro atoms. The molecule has 6 heteroatoms. The van der Waals surface area contributed by atoms with Gasteiger partial charge in [-0.15, -0.1) is 0 Å². The highest BCUT2D eigenvalue weighted by Crippen LogP contribution is 2.22. The first-order chi connectivity index (χ1) is 9.07. The number of aromatic nitrogens is 2. The van der Waals surface area contributed by atoms with Crippen molar-refractivity contribution in [1.82, 2.24) is 9.97 Å². The molecule has 0 bridgehead atoms. The molecular weight excluding hydrogens is 262 g/mol. The molecule has 19 heavy (non-hydrogen) atoms. The number of hydrogen-bond donors (Lipinski definition) is 0. The van der Waals surface area contributed by atoms with E-state index in [2.05, 4.69) is 9.97 Å². The Hall–Kier alpha value is -1.95. The summed E-state index contributed by atoms with van der Waals surface area (Å²) in [5.41, 5.74) is 0.783. The topological polar surface area (TPSA) is 63.2 Å². The van der Waals surface area contributed by atoms with Crippen LogP contribution in [0.5, 0.6) is 0 Å². The van der Waals surface area contributed by atoms with E-state index in [0.29, 0.717) is 11.3 Å². The monoisotopic (exact) mass is 277 g/mol. The molecule has 0 amide bonds. The molecule has 2 rings (SSSR count). The van der Waals surface area contributed by atoms with Gasteiger partial charge in [0.05, 0.1) is 4.90 Å². The summed E-state index contributed by atoms with van der Waals surface area (Å²) in [7, 11) is -2.17. The van der Waals surface area contributed by atoms with Crippen LogP contribution in [0.4, 0.5) is 5.95 Å². The number of rotatable bonds is 4. The number of benzene rings is 1. The van der Waals surface area contributed by atoms with Crippen LogP contribution in [-0.2, 0) is 16.4 Å². The lowest BCUT2D eigenvalue weighted by molar-refractivity contribution is 0.592. The zero-order valence-corrected chi connectivity index (χ0v) is 11.6. The lowest BCUT2D eigenvalue weighted by Gasteiger charge is -2.18. The molecule has 0 fully saturated rings. The van der Waals surface area contributed by atoms with Crippen LogP contribution in [-0.4, -0.2) is 25.4 Å². The van der Waals surface area contributed by atoms with Crippen molar-refractivity contribution in [2.75, 3.05) is 11.4 Å². The highest BCUT2D eigenvalue weighted by atomic mass is 32.2. The van der Waals surface area contributed by atoms with Gasteiger partial charge in [-0.25, -0.2) is 22.7 Å². The Kier molecular flexibility index (Phi) is 3.80. The molecule has 1 aromatic heterocycles. The molecule has 1 heterocycles. The van der Waals surface area contributed by atoms with Crippen LogP contribution in [0.2, 0.25) is 0 Å². The van der Waals surface area contributed by atoms with Crippen molar-refractivity contribution in [2.45, 2.75) is 18.2 Å². The third-order valence-electron chi connectivity index (χ3n) is 2.83. The molecule has 5 nitrogen and oxygen atoms in total. The van der Waals surface area contributed by atoms with Crippen LogP contribution >= 0.6 is 0 Å². The fourth-order valence-electron chi connectivity index (χ4n) is 1.76. The Bertz CT molecular complexity index is 657. The smallest absolute Gasteiger partial charge is 0.237 e. The maximum atomic E-state index is 12.6. The third-order valence-corrected chi connectivity index (χ3v) is 4.66. The van der Waals surface area contributed by atoms with Crippen molar-refractivity contribution in [1.29, 1.82) is 0 Å². The van der Waals surface area contributed by atoms with E-state index in [4.69, 9.17) is 0 Å². The standard InChI is InChI=1S/C13H15N3O2S/c1-3-11-7-4-5-8-12(11)19(17,18)16(2)13-14-9-6-10-15-13/h4-10H,3H2,1-2H3. The molecule has 0 saturated heterocycles. The Balaban J connectivity index is 2.48. The van der Waals surface area contributed by atoms with Crippen LogP contribution in [0.25, 0.3) is 0 Å². The quantitative estimate of drug-likeness (QED) is 0.855. The second kappa shape index (κ2) is 5.36. The highest BCUT2D eigenvalue weighted by molar-refractivity contribution is 7.92. The van der Waals surface area contributed by atoms with Gasteiger partial charge in [0.25, 0.3) is 10.0 Å². The van der Waals surface area contributed by atoms with Crippen molar-refractivity contribution in [3.8, 4) is 0 Å². The van der Waals surface area contributed by atoms with Crippen LogP contribution < -0.4 is 4.31 Å². The highest BCUT2D eigenvalue weighted by Gasteiger charge is 2.24. The number of aryl methyl sites for hydroxylation is 1. The molecule has 0 saturated carbocycles. The van der Waals surface area contributed by atoms with Gasteiger partial charge in [-0.1, -0.05) is 25.1 Å². The van der Waals surface area contributed by atoms with Crippen molar-refractivity contribution in [3.63, 3.8) is 0 Å². The summed E-state index contributed by atoms with van der Waals surface area (Å²) in [6.45, 7) is 1.92. The summed E-state index contributed by atoms with van der Waals surface area (Å²) < 4.78 is 26.2. The van der Waals surface area contributed by atoms with Gasteiger partial charge in [0, 0.05) is 19.4 Å². The molecule has 0 atom stereocenters. The molecule has 0 unspecified atom stereocenters. The predicted octanol–water partition coefficient (Wildman–Crippen LogP) is 1.86. The predicted molar refractivity (Wildman–Crippen MR) is 73.4 cm³/mol. The summed E-state index contributed by atoms with van der Waals surface area (Å²) >= 11 is 0. The summed E-state index contributed by atoms with van der Waals surface area (Å²) in [5.74, 6) is 0.161. The molecule has 2 aromatic rings. The van der Waals surface area contributed by atoms with Crippen LogP contribution in [0.15, 0.2) is 47.6 Å². The van der Waals surface area contributed by atoms with Gasteiger partial charge >= 0.3 is 0 Å². The van der Waals surface area contributed by atoms with Crippen molar-refractivity contribution < 1.29 is 8.42 Å².